The third kappa shape index (κ3) is 5.12. The number of hydrogen-bond acceptors (Lipinski definition) is 4. The minimum absolute atomic E-state index is 0.0169. The lowest BCUT2D eigenvalue weighted by atomic mass is 9.89. The molecule has 3 heterocycles. The maximum absolute atomic E-state index is 14.2. The molecule has 7 rings (SSSR count). The molecule has 0 aliphatic carbocycles. The molecule has 0 saturated carbocycles. The minimum Gasteiger partial charge on any atom is -0.497 e. The number of amides is 4. The minimum atomic E-state index is -0.672. The van der Waals surface area contributed by atoms with Crippen LogP contribution < -0.4 is 15.0 Å². The molecule has 5 aromatic rings. The van der Waals surface area contributed by atoms with Crippen molar-refractivity contribution in [2.45, 2.75) is 44.3 Å². The first-order chi connectivity index (χ1) is 21.9. The van der Waals surface area contributed by atoms with E-state index >= 15 is 0 Å². The zero-order valence-corrected chi connectivity index (χ0v) is 25.2. The lowest BCUT2D eigenvalue weighted by Crippen LogP contribution is -2.44. The molecule has 0 bridgehead atoms. The van der Waals surface area contributed by atoms with Gasteiger partial charge in [0.05, 0.1) is 12.8 Å². The van der Waals surface area contributed by atoms with Gasteiger partial charge in [-0.2, -0.15) is 0 Å². The third-order valence-electron chi connectivity index (χ3n) is 8.93. The van der Waals surface area contributed by atoms with E-state index in [1.807, 2.05) is 73.7 Å². The number of imide groups is 1. The average Bonchev–Trinajstić information content (AvgIpc) is 3.57. The summed E-state index contributed by atoms with van der Waals surface area (Å²) in [6.07, 6.45) is 2.09. The molecule has 226 valence electrons. The van der Waals surface area contributed by atoms with Crippen LogP contribution in [-0.2, 0) is 17.6 Å². The van der Waals surface area contributed by atoms with Crippen LogP contribution in [0.2, 0.25) is 0 Å². The van der Waals surface area contributed by atoms with Crippen molar-refractivity contribution in [1.82, 2.24) is 15.2 Å². The van der Waals surface area contributed by atoms with Gasteiger partial charge in [0.2, 0.25) is 0 Å². The maximum atomic E-state index is 14.2. The number of aromatic nitrogens is 1. The summed E-state index contributed by atoms with van der Waals surface area (Å²) in [5, 5.41) is 4.11. The number of fused-ring (bicyclic) bond motifs is 4. The first-order valence-electron chi connectivity index (χ1n) is 15.3. The fourth-order valence-electron chi connectivity index (χ4n) is 6.64. The van der Waals surface area contributed by atoms with E-state index < -0.39 is 18.1 Å². The number of aryl methyl sites for hydroxylation is 1. The van der Waals surface area contributed by atoms with Crippen LogP contribution in [0.25, 0.3) is 10.9 Å². The van der Waals surface area contributed by atoms with Crippen molar-refractivity contribution in [3.8, 4) is 5.75 Å². The number of anilines is 1. The lowest BCUT2D eigenvalue weighted by molar-refractivity contribution is -0.120. The quantitative estimate of drug-likeness (QED) is 0.202. The van der Waals surface area contributed by atoms with Crippen LogP contribution in [0.3, 0.4) is 0 Å². The van der Waals surface area contributed by atoms with Crippen molar-refractivity contribution in [2.75, 3.05) is 12.0 Å². The van der Waals surface area contributed by atoms with Crippen molar-refractivity contribution in [3.63, 3.8) is 0 Å². The number of aromatic amines is 1. The second kappa shape index (κ2) is 11.6. The van der Waals surface area contributed by atoms with Gasteiger partial charge in [-0.1, -0.05) is 60.7 Å². The average molecular weight is 599 g/mol. The van der Waals surface area contributed by atoms with E-state index in [1.165, 1.54) is 10.5 Å². The number of carbonyl (C=O) groups is 3. The summed E-state index contributed by atoms with van der Waals surface area (Å²) in [6, 6.07) is 30.9. The molecular formula is C37H34N4O4. The summed E-state index contributed by atoms with van der Waals surface area (Å²) in [5.74, 6) is 0.197. The van der Waals surface area contributed by atoms with Gasteiger partial charge in [-0.15, -0.1) is 0 Å². The van der Waals surface area contributed by atoms with E-state index in [1.54, 1.807) is 36.3 Å². The molecule has 1 saturated heterocycles. The number of methoxy groups -OCH3 is 1. The molecule has 8 nitrogen and oxygen atoms in total. The van der Waals surface area contributed by atoms with Gasteiger partial charge in [0, 0.05) is 34.6 Å². The van der Waals surface area contributed by atoms with Crippen molar-refractivity contribution >= 4 is 34.4 Å². The monoisotopic (exact) mass is 598 g/mol. The second-order valence-corrected chi connectivity index (χ2v) is 11.8. The number of hydrogen-bond donors (Lipinski definition) is 2. The first-order valence-corrected chi connectivity index (χ1v) is 15.3. The van der Waals surface area contributed by atoms with E-state index in [0.717, 1.165) is 40.6 Å². The highest BCUT2D eigenvalue weighted by Gasteiger charge is 2.53. The van der Waals surface area contributed by atoms with Crippen LogP contribution in [-0.4, -0.2) is 46.9 Å². The SMILES string of the molecule is COc1cccc(C2c3[nH]c4ccccc4c3C[C@H]3C(=O)N(c4ccc(C(=O)NC(C)CCc5ccccc5)cc4)C(=O)N23)c1. The molecular weight excluding hydrogens is 564 g/mol. The Morgan fingerprint density at radius 3 is 2.49 bits per heavy atom. The molecule has 2 aliphatic heterocycles. The fraction of sp³-hybridized carbons (Fsp3) is 0.216. The summed E-state index contributed by atoms with van der Waals surface area (Å²) in [7, 11) is 1.61. The Bertz CT molecular complexity index is 1900. The van der Waals surface area contributed by atoms with Gasteiger partial charge in [-0.3, -0.25) is 14.5 Å². The number of para-hydroxylation sites is 1. The number of ether oxygens (including phenoxy) is 1. The largest absolute Gasteiger partial charge is 0.497 e. The van der Waals surface area contributed by atoms with E-state index in [4.69, 9.17) is 4.74 Å². The molecule has 0 spiro atoms. The predicted octanol–water partition coefficient (Wildman–Crippen LogP) is 6.41. The molecule has 0 radical (unpaired) electrons. The molecule has 3 atom stereocenters. The normalized spacial score (nSPS) is 18.1. The number of rotatable bonds is 8. The maximum Gasteiger partial charge on any atom is 0.332 e. The number of benzene rings is 4. The Balaban J connectivity index is 1.15. The zero-order valence-electron chi connectivity index (χ0n) is 25.2. The summed E-state index contributed by atoms with van der Waals surface area (Å²) >= 11 is 0. The molecule has 45 heavy (non-hydrogen) atoms. The highest BCUT2D eigenvalue weighted by atomic mass is 16.5. The fourth-order valence-corrected chi connectivity index (χ4v) is 6.64. The van der Waals surface area contributed by atoms with Crippen molar-refractivity contribution in [3.05, 3.63) is 131 Å². The smallest absolute Gasteiger partial charge is 0.332 e. The molecule has 8 heteroatoms. The molecule has 4 amide bonds. The molecule has 1 aromatic heterocycles. The van der Waals surface area contributed by atoms with Crippen molar-refractivity contribution in [2.24, 2.45) is 0 Å². The predicted molar refractivity (Wildman–Crippen MR) is 173 cm³/mol. The van der Waals surface area contributed by atoms with E-state index in [0.29, 0.717) is 23.4 Å². The highest BCUT2D eigenvalue weighted by molar-refractivity contribution is 6.22. The Morgan fingerprint density at radius 1 is 0.956 bits per heavy atom. The second-order valence-electron chi connectivity index (χ2n) is 11.8. The van der Waals surface area contributed by atoms with Crippen LogP contribution >= 0.6 is 0 Å². The Labute approximate surface area is 261 Å². The number of H-pyrrole nitrogens is 1. The Hall–Kier alpha value is -5.37. The number of nitrogens with zero attached hydrogens (tertiary/aromatic N) is 2. The zero-order chi connectivity index (χ0) is 31.1. The summed E-state index contributed by atoms with van der Waals surface area (Å²) in [6.45, 7) is 1.99. The summed E-state index contributed by atoms with van der Waals surface area (Å²) in [5.41, 5.74) is 5.89. The van der Waals surface area contributed by atoms with Gasteiger partial charge in [0.1, 0.15) is 17.8 Å². The summed E-state index contributed by atoms with van der Waals surface area (Å²) < 4.78 is 5.51. The van der Waals surface area contributed by atoms with Gasteiger partial charge < -0.3 is 15.0 Å². The molecule has 1 fully saturated rings. The number of carbonyl (C=O) groups excluding carboxylic acids is 3. The van der Waals surface area contributed by atoms with Crippen LogP contribution in [0.15, 0.2) is 103 Å². The van der Waals surface area contributed by atoms with Crippen LogP contribution in [0.5, 0.6) is 5.75 Å². The standard InChI is InChI=1S/C37H34N4O4/c1-23(15-16-24-9-4-3-5-10-24)38-35(42)25-17-19-27(20-18-25)40-36(43)32-22-30-29-13-6-7-14-31(29)39-33(30)34(41(32)37(40)44)26-11-8-12-28(21-26)45-2/h3-14,17-21,23,32,34,39H,15-16,22H2,1-2H3,(H,38,42)/t23?,32-,34?/m0/s1. The topological polar surface area (TPSA) is 94.7 Å². The van der Waals surface area contributed by atoms with Crippen molar-refractivity contribution < 1.29 is 19.1 Å². The van der Waals surface area contributed by atoms with Gasteiger partial charge in [0.25, 0.3) is 11.8 Å². The summed E-state index contributed by atoms with van der Waals surface area (Å²) in [4.78, 5) is 47.7. The van der Waals surface area contributed by atoms with E-state index in [2.05, 4.69) is 22.4 Å². The first kappa shape index (κ1) is 28.4. The van der Waals surface area contributed by atoms with Gasteiger partial charge in [-0.25, -0.2) is 9.69 Å². The number of urea groups is 1. The molecule has 2 aliphatic rings. The van der Waals surface area contributed by atoms with Crippen molar-refractivity contribution in [1.29, 1.82) is 0 Å². The van der Waals surface area contributed by atoms with Crippen LogP contribution in [0, 0.1) is 0 Å². The van der Waals surface area contributed by atoms with Crippen LogP contribution in [0.4, 0.5) is 10.5 Å². The van der Waals surface area contributed by atoms with Gasteiger partial charge >= 0.3 is 6.03 Å². The number of nitrogens with one attached hydrogen (secondary N) is 2. The van der Waals surface area contributed by atoms with Gasteiger partial charge in [-0.05, 0) is 78.9 Å². The van der Waals surface area contributed by atoms with Gasteiger partial charge in [0.15, 0.2) is 0 Å². The van der Waals surface area contributed by atoms with Crippen LogP contribution in [0.1, 0.15) is 52.1 Å². The molecule has 2 unspecified atom stereocenters. The van der Waals surface area contributed by atoms with E-state index in [9.17, 15) is 14.4 Å². The third-order valence-corrected chi connectivity index (χ3v) is 8.93. The lowest BCUT2D eigenvalue weighted by Gasteiger charge is -2.36. The molecule has 4 aromatic carbocycles. The molecule has 2 N–H and O–H groups in total. The van der Waals surface area contributed by atoms with E-state index in [-0.39, 0.29) is 17.9 Å². The highest BCUT2D eigenvalue weighted by Crippen LogP contribution is 2.45. The Kier molecular flexibility index (Phi) is 7.33. The Morgan fingerprint density at radius 2 is 1.71 bits per heavy atom.